The standard InChI is InChI=1S/C12H17FN2O3/c1-17-7-11(14)12(16)15-6-8-3-4-9(18-2)5-10(8)13/h3-5,11H,6-7,14H2,1-2H3,(H,15,16). The van der Waals surface area contributed by atoms with Crippen LogP contribution >= 0.6 is 0 Å². The molecule has 0 spiro atoms. The van der Waals surface area contributed by atoms with E-state index in [0.717, 1.165) is 0 Å². The van der Waals surface area contributed by atoms with E-state index in [1.807, 2.05) is 0 Å². The van der Waals surface area contributed by atoms with Crippen LogP contribution in [0, 0.1) is 5.82 Å². The summed E-state index contributed by atoms with van der Waals surface area (Å²) in [5.74, 6) is -0.388. The van der Waals surface area contributed by atoms with Crippen molar-refractivity contribution >= 4 is 5.91 Å². The first kappa shape index (κ1) is 14.4. The van der Waals surface area contributed by atoms with E-state index in [2.05, 4.69) is 5.32 Å². The molecule has 100 valence electrons. The number of carbonyl (C=O) groups is 1. The molecule has 6 heteroatoms. The van der Waals surface area contributed by atoms with Gasteiger partial charge in [-0.2, -0.15) is 0 Å². The lowest BCUT2D eigenvalue weighted by Gasteiger charge is -2.12. The maximum absolute atomic E-state index is 13.5. The molecule has 0 saturated carbocycles. The summed E-state index contributed by atoms with van der Waals surface area (Å²) in [6.07, 6.45) is 0. The summed E-state index contributed by atoms with van der Waals surface area (Å²) in [7, 11) is 2.91. The van der Waals surface area contributed by atoms with E-state index in [-0.39, 0.29) is 19.1 Å². The van der Waals surface area contributed by atoms with Crippen molar-refractivity contribution in [1.29, 1.82) is 0 Å². The van der Waals surface area contributed by atoms with Gasteiger partial charge in [0.25, 0.3) is 0 Å². The van der Waals surface area contributed by atoms with E-state index < -0.39 is 11.9 Å². The molecule has 3 N–H and O–H groups in total. The van der Waals surface area contributed by atoms with Crippen molar-refractivity contribution in [3.8, 4) is 5.75 Å². The third-order valence-corrected chi connectivity index (χ3v) is 2.40. The van der Waals surface area contributed by atoms with Crippen LogP contribution in [-0.4, -0.2) is 32.8 Å². The Hall–Kier alpha value is -1.66. The lowest BCUT2D eigenvalue weighted by atomic mass is 10.2. The van der Waals surface area contributed by atoms with Gasteiger partial charge < -0.3 is 20.5 Å². The van der Waals surface area contributed by atoms with Crippen molar-refractivity contribution in [3.05, 3.63) is 29.6 Å². The van der Waals surface area contributed by atoms with Crippen molar-refractivity contribution in [2.75, 3.05) is 20.8 Å². The molecule has 0 heterocycles. The fourth-order valence-electron chi connectivity index (χ4n) is 1.37. The number of hydrogen-bond acceptors (Lipinski definition) is 4. The summed E-state index contributed by atoms with van der Waals surface area (Å²) < 4.78 is 23.2. The van der Waals surface area contributed by atoms with Crippen LogP contribution in [0.15, 0.2) is 18.2 Å². The van der Waals surface area contributed by atoms with Gasteiger partial charge in [-0.25, -0.2) is 4.39 Å². The van der Waals surface area contributed by atoms with E-state index >= 15 is 0 Å². The molecule has 1 unspecified atom stereocenters. The van der Waals surface area contributed by atoms with Gasteiger partial charge in [-0.05, 0) is 6.07 Å². The Morgan fingerprint density at radius 1 is 1.50 bits per heavy atom. The number of halogens is 1. The van der Waals surface area contributed by atoms with Crippen LogP contribution in [0.5, 0.6) is 5.75 Å². The van der Waals surface area contributed by atoms with Crippen molar-refractivity contribution in [3.63, 3.8) is 0 Å². The number of nitrogens with two attached hydrogens (primary N) is 1. The van der Waals surface area contributed by atoms with Crippen LogP contribution < -0.4 is 15.8 Å². The van der Waals surface area contributed by atoms with Crippen LogP contribution in [0.3, 0.4) is 0 Å². The van der Waals surface area contributed by atoms with Gasteiger partial charge in [0.15, 0.2) is 0 Å². The monoisotopic (exact) mass is 256 g/mol. The molecule has 1 atom stereocenters. The minimum absolute atomic E-state index is 0.0755. The Morgan fingerprint density at radius 3 is 2.78 bits per heavy atom. The third-order valence-electron chi connectivity index (χ3n) is 2.40. The molecule has 1 rings (SSSR count). The topological polar surface area (TPSA) is 73.6 Å². The second-order valence-electron chi connectivity index (χ2n) is 3.74. The van der Waals surface area contributed by atoms with Crippen molar-refractivity contribution in [1.82, 2.24) is 5.32 Å². The van der Waals surface area contributed by atoms with E-state index in [0.29, 0.717) is 11.3 Å². The van der Waals surface area contributed by atoms with Crippen LogP contribution in [0.1, 0.15) is 5.56 Å². The molecule has 0 bridgehead atoms. The normalized spacial score (nSPS) is 12.0. The summed E-state index contributed by atoms with van der Waals surface area (Å²) in [5, 5.41) is 2.54. The average Bonchev–Trinajstić information content (AvgIpc) is 2.37. The highest BCUT2D eigenvalue weighted by Crippen LogP contribution is 2.15. The summed E-state index contributed by atoms with van der Waals surface area (Å²) in [4.78, 5) is 11.5. The minimum atomic E-state index is -0.753. The fraction of sp³-hybridized carbons (Fsp3) is 0.417. The number of benzene rings is 1. The molecule has 1 aromatic rings. The number of rotatable bonds is 6. The third kappa shape index (κ3) is 3.97. The maximum atomic E-state index is 13.5. The summed E-state index contributed by atoms with van der Waals surface area (Å²) in [6, 6.07) is 3.68. The largest absolute Gasteiger partial charge is 0.497 e. The van der Waals surface area contributed by atoms with Crippen LogP contribution in [0.25, 0.3) is 0 Å². The van der Waals surface area contributed by atoms with E-state index in [9.17, 15) is 9.18 Å². The van der Waals surface area contributed by atoms with Gasteiger partial charge in [-0.1, -0.05) is 6.07 Å². The molecule has 1 aromatic carbocycles. The van der Waals surface area contributed by atoms with Gasteiger partial charge >= 0.3 is 0 Å². The van der Waals surface area contributed by atoms with Gasteiger partial charge in [0, 0.05) is 25.3 Å². The molecule has 1 amide bonds. The van der Waals surface area contributed by atoms with Gasteiger partial charge in [-0.3, -0.25) is 4.79 Å². The molecule has 5 nitrogen and oxygen atoms in total. The van der Waals surface area contributed by atoms with Gasteiger partial charge in [0.05, 0.1) is 13.7 Å². The number of carbonyl (C=O) groups excluding carboxylic acids is 1. The van der Waals surface area contributed by atoms with E-state index in [1.165, 1.54) is 20.3 Å². The fourth-order valence-corrected chi connectivity index (χ4v) is 1.37. The smallest absolute Gasteiger partial charge is 0.239 e. The van der Waals surface area contributed by atoms with E-state index in [4.69, 9.17) is 15.2 Å². The van der Waals surface area contributed by atoms with E-state index in [1.54, 1.807) is 12.1 Å². The SMILES string of the molecule is COCC(N)C(=O)NCc1ccc(OC)cc1F. The summed E-state index contributed by atoms with van der Waals surface area (Å²) in [5.41, 5.74) is 5.89. The summed E-state index contributed by atoms with van der Waals surface area (Å²) in [6.45, 7) is 0.197. The highest BCUT2D eigenvalue weighted by Gasteiger charge is 2.13. The lowest BCUT2D eigenvalue weighted by molar-refractivity contribution is -0.123. The Labute approximate surface area is 105 Å². The molecule has 0 radical (unpaired) electrons. The highest BCUT2D eigenvalue weighted by molar-refractivity contribution is 5.81. The van der Waals surface area contributed by atoms with Gasteiger partial charge in [0.1, 0.15) is 17.6 Å². The average molecular weight is 256 g/mol. The maximum Gasteiger partial charge on any atom is 0.239 e. The van der Waals surface area contributed by atoms with Crippen molar-refractivity contribution in [2.45, 2.75) is 12.6 Å². The molecule has 0 aliphatic rings. The molecule has 18 heavy (non-hydrogen) atoms. The first-order valence-corrected chi connectivity index (χ1v) is 5.43. The molecule has 0 aliphatic heterocycles. The zero-order chi connectivity index (χ0) is 13.5. The lowest BCUT2D eigenvalue weighted by Crippen LogP contribution is -2.43. The number of ether oxygens (including phenoxy) is 2. The molecule has 0 saturated heterocycles. The second-order valence-corrected chi connectivity index (χ2v) is 3.74. The Balaban J connectivity index is 2.55. The van der Waals surface area contributed by atoms with Crippen LogP contribution in [0.2, 0.25) is 0 Å². The predicted octanol–water partition coefficient (Wildman–Crippen LogP) is 0.424. The zero-order valence-electron chi connectivity index (χ0n) is 10.4. The van der Waals surface area contributed by atoms with Gasteiger partial charge in [-0.15, -0.1) is 0 Å². The highest BCUT2D eigenvalue weighted by atomic mass is 19.1. The Bertz CT molecular complexity index is 412. The van der Waals surface area contributed by atoms with Gasteiger partial charge in [0.2, 0.25) is 5.91 Å². The second kappa shape index (κ2) is 6.93. The number of hydrogen-bond donors (Lipinski definition) is 2. The molecular formula is C12H17FN2O3. The molecule has 0 aliphatic carbocycles. The first-order valence-electron chi connectivity index (χ1n) is 5.43. The first-order chi connectivity index (χ1) is 8.58. The molecule has 0 fully saturated rings. The zero-order valence-corrected chi connectivity index (χ0v) is 10.4. The predicted molar refractivity (Wildman–Crippen MR) is 64.7 cm³/mol. The van der Waals surface area contributed by atoms with Crippen molar-refractivity contribution in [2.24, 2.45) is 5.73 Å². The van der Waals surface area contributed by atoms with Crippen LogP contribution in [-0.2, 0) is 16.1 Å². The van der Waals surface area contributed by atoms with Crippen molar-refractivity contribution < 1.29 is 18.7 Å². The summed E-state index contributed by atoms with van der Waals surface area (Å²) >= 11 is 0. The van der Waals surface area contributed by atoms with Crippen LogP contribution in [0.4, 0.5) is 4.39 Å². The molecular weight excluding hydrogens is 239 g/mol. The number of amides is 1. The Kier molecular flexibility index (Phi) is 5.54. The molecule has 0 aromatic heterocycles. The quantitative estimate of drug-likeness (QED) is 0.774. The number of nitrogens with one attached hydrogen (secondary N) is 1. The number of methoxy groups -OCH3 is 2. The minimum Gasteiger partial charge on any atom is -0.497 e. The Morgan fingerprint density at radius 2 is 2.22 bits per heavy atom.